The van der Waals surface area contributed by atoms with E-state index in [1.54, 1.807) is 0 Å². The molecule has 0 radical (unpaired) electrons. The number of hydrogen-bond donors (Lipinski definition) is 2. The summed E-state index contributed by atoms with van der Waals surface area (Å²) < 4.78 is 1.90. The van der Waals surface area contributed by atoms with Crippen LogP contribution in [0.4, 0.5) is 5.69 Å². The molecule has 30 heavy (non-hydrogen) atoms. The highest BCUT2D eigenvalue weighted by molar-refractivity contribution is 5.93. The molecule has 2 aromatic carbocycles. The smallest absolute Gasteiger partial charge is 0.237 e. The van der Waals surface area contributed by atoms with Gasteiger partial charge in [-0.2, -0.15) is 0 Å². The maximum absolute atomic E-state index is 11.2. The van der Waals surface area contributed by atoms with Crippen LogP contribution in [0, 0.1) is 0 Å². The van der Waals surface area contributed by atoms with Gasteiger partial charge in [0.25, 0.3) is 0 Å². The second kappa shape index (κ2) is 7.80. The fourth-order valence-corrected chi connectivity index (χ4v) is 4.47. The van der Waals surface area contributed by atoms with Crippen molar-refractivity contribution in [1.29, 1.82) is 0 Å². The lowest BCUT2D eigenvalue weighted by molar-refractivity contribution is -0.118. The van der Waals surface area contributed by atoms with Gasteiger partial charge in [-0.1, -0.05) is 18.2 Å². The van der Waals surface area contributed by atoms with Gasteiger partial charge in [-0.05, 0) is 47.7 Å². The van der Waals surface area contributed by atoms with E-state index >= 15 is 0 Å². The number of hydrogen-bond acceptors (Lipinski definition) is 4. The molecule has 152 valence electrons. The summed E-state index contributed by atoms with van der Waals surface area (Å²) in [5.74, 6) is -0.324. The molecule has 3 N–H and O–H groups in total. The van der Waals surface area contributed by atoms with E-state index in [0.29, 0.717) is 6.04 Å². The minimum Gasteiger partial charge on any atom is -0.380 e. The van der Waals surface area contributed by atoms with E-state index in [9.17, 15) is 4.79 Å². The summed E-state index contributed by atoms with van der Waals surface area (Å²) in [5, 5.41) is 7.26. The summed E-state index contributed by atoms with van der Waals surface area (Å²) in [7, 11) is 0. The van der Waals surface area contributed by atoms with Crippen molar-refractivity contribution < 1.29 is 4.79 Å². The van der Waals surface area contributed by atoms with Crippen LogP contribution in [0.1, 0.15) is 12.0 Å². The minimum absolute atomic E-state index is 0.215. The lowest BCUT2D eigenvalue weighted by Gasteiger charge is -2.18. The molecule has 1 aliphatic heterocycles. The van der Waals surface area contributed by atoms with Crippen molar-refractivity contribution >= 4 is 33.3 Å². The lowest BCUT2D eigenvalue weighted by Crippen LogP contribution is -2.26. The second-order valence-electron chi connectivity index (χ2n) is 8.07. The lowest BCUT2D eigenvalue weighted by atomic mass is 10.1. The Morgan fingerprint density at radius 2 is 2.10 bits per heavy atom. The number of fused-ring (bicyclic) bond motifs is 2. The predicted molar refractivity (Wildman–Crippen MR) is 120 cm³/mol. The zero-order valence-electron chi connectivity index (χ0n) is 16.8. The molecule has 6 nitrogen and oxygen atoms in total. The summed E-state index contributed by atoms with van der Waals surface area (Å²) in [6, 6.07) is 17.3. The van der Waals surface area contributed by atoms with Gasteiger partial charge in [0.15, 0.2) is 0 Å². The first kappa shape index (κ1) is 18.6. The van der Waals surface area contributed by atoms with Gasteiger partial charge in [-0.3, -0.25) is 14.7 Å². The molecular weight excluding hydrogens is 374 g/mol. The molecule has 3 heterocycles. The Morgan fingerprint density at radius 1 is 1.17 bits per heavy atom. The van der Waals surface area contributed by atoms with Crippen molar-refractivity contribution in [3.63, 3.8) is 0 Å². The normalized spacial score (nSPS) is 17.0. The third-order valence-electron chi connectivity index (χ3n) is 5.88. The molecule has 1 saturated heterocycles. The Morgan fingerprint density at radius 3 is 3.00 bits per heavy atom. The average molecular weight is 399 g/mol. The van der Waals surface area contributed by atoms with Crippen molar-refractivity contribution in [2.75, 3.05) is 18.4 Å². The van der Waals surface area contributed by atoms with Crippen LogP contribution in [0.25, 0.3) is 21.7 Å². The first-order chi connectivity index (χ1) is 14.7. The summed E-state index contributed by atoms with van der Waals surface area (Å²) >= 11 is 0. The Labute approximate surface area is 175 Å². The third-order valence-corrected chi connectivity index (χ3v) is 5.88. The SMILES string of the molecule is NC(=O)Cn1ccc2cc(CN3CC[C@@H](Nc4cccc5cnccc45)C3)ccc21. The molecule has 0 bridgehead atoms. The molecule has 0 unspecified atom stereocenters. The molecule has 4 aromatic rings. The number of carbonyl (C=O) groups excluding carboxylic acids is 1. The molecule has 1 atom stereocenters. The molecule has 1 amide bonds. The number of carbonyl (C=O) groups is 1. The third kappa shape index (κ3) is 3.74. The molecule has 1 aliphatic rings. The van der Waals surface area contributed by atoms with Crippen LogP contribution in [0.15, 0.2) is 67.1 Å². The topological polar surface area (TPSA) is 76.2 Å². The van der Waals surface area contributed by atoms with E-state index in [1.807, 2.05) is 29.2 Å². The molecule has 1 fully saturated rings. The number of nitrogens with one attached hydrogen (secondary N) is 1. The standard InChI is InChI=1S/C24H25N5O/c25-24(30)16-29-11-7-18-12-17(4-5-23(18)29)14-28-10-8-20(15-28)27-22-3-1-2-19-13-26-9-6-21(19)22/h1-7,9,11-13,20,27H,8,10,14-16H2,(H2,25,30)/t20-/m1/s1. The number of aromatic nitrogens is 2. The number of rotatable bonds is 6. The van der Waals surface area contributed by atoms with Crippen molar-refractivity contribution in [2.24, 2.45) is 5.73 Å². The number of benzene rings is 2. The Hall–Kier alpha value is -3.38. The van der Waals surface area contributed by atoms with Crippen molar-refractivity contribution in [3.8, 4) is 0 Å². The number of anilines is 1. The molecular formula is C24H25N5O. The fourth-order valence-electron chi connectivity index (χ4n) is 4.47. The molecule has 6 heteroatoms. The highest BCUT2D eigenvalue weighted by Gasteiger charge is 2.23. The summed E-state index contributed by atoms with van der Waals surface area (Å²) in [4.78, 5) is 17.9. The molecule has 2 aromatic heterocycles. The number of amides is 1. The molecule has 0 aliphatic carbocycles. The maximum atomic E-state index is 11.2. The fraction of sp³-hybridized carbons (Fsp3) is 0.250. The van der Waals surface area contributed by atoms with Crippen molar-refractivity contribution in [2.45, 2.75) is 25.6 Å². The number of nitrogens with zero attached hydrogens (tertiary/aromatic N) is 3. The Kier molecular flexibility index (Phi) is 4.85. The van der Waals surface area contributed by atoms with Crippen LogP contribution in [0.5, 0.6) is 0 Å². The van der Waals surface area contributed by atoms with Gasteiger partial charge in [-0.15, -0.1) is 0 Å². The predicted octanol–water partition coefficient (Wildman–Crippen LogP) is 3.36. The number of nitrogens with two attached hydrogens (primary N) is 1. The Bertz CT molecular complexity index is 1210. The monoisotopic (exact) mass is 399 g/mol. The van der Waals surface area contributed by atoms with Crippen LogP contribution >= 0.6 is 0 Å². The van der Waals surface area contributed by atoms with Crippen LogP contribution in [-0.4, -0.2) is 39.5 Å². The van der Waals surface area contributed by atoms with Gasteiger partial charge in [0.1, 0.15) is 6.54 Å². The molecule has 0 saturated carbocycles. The molecule has 0 spiro atoms. The quantitative estimate of drug-likeness (QED) is 0.521. The van der Waals surface area contributed by atoms with E-state index < -0.39 is 0 Å². The van der Waals surface area contributed by atoms with Gasteiger partial charge in [0.2, 0.25) is 5.91 Å². The summed E-state index contributed by atoms with van der Waals surface area (Å²) in [6.45, 7) is 3.23. The number of likely N-dealkylation sites (tertiary alicyclic amines) is 1. The first-order valence-electron chi connectivity index (χ1n) is 10.3. The number of primary amides is 1. The zero-order chi connectivity index (χ0) is 20.5. The largest absolute Gasteiger partial charge is 0.380 e. The molecule has 5 rings (SSSR count). The zero-order valence-corrected chi connectivity index (χ0v) is 16.8. The van der Waals surface area contributed by atoms with Gasteiger partial charge in [-0.25, -0.2) is 0 Å². The van der Waals surface area contributed by atoms with Crippen LogP contribution < -0.4 is 11.1 Å². The van der Waals surface area contributed by atoms with E-state index in [-0.39, 0.29) is 12.5 Å². The van der Waals surface area contributed by atoms with Gasteiger partial charge < -0.3 is 15.6 Å². The second-order valence-corrected chi connectivity index (χ2v) is 8.07. The summed E-state index contributed by atoms with van der Waals surface area (Å²) in [5.41, 5.74) is 8.85. The highest BCUT2D eigenvalue weighted by atomic mass is 16.1. The maximum Gasteiger partial charge on any atom is 0.237 e. The number of pyridine rings is 1. The average Bonchev–Trinajstić information content (AvgIpc) is 3.34. The van der Waals surface area contributed by atoms with E-state index in [0.717, 1.165) is 42.3 Å². The van der Waals surface area contributed by atoms with E-state index in [1.165, 1.54) is 16.6 Å². The van der Waals surface area contributed by atoms with Crippen LogP contribution in [0.2, 0.25) is 0 Å². The highest BCUT2D eigenvalue weighted by Crippen LogP contribution is 2.26. The first-order valence-corrected chi connectivity index (χ1v) is 10.3. The van der Waals surface area contributed by atoms with Gasteiger partial charge in [0.05, 0.1) is 0 Å². The van der Waals surface area contributed by atoms with Gasteiger partial charge >= 0.3 is 0 Å². The van der Waals surface area contributed by atoms with Gasteiger partial charge in [0, 0.05) is 66.2 Å². The van der Waals surface area contributed by atoms with Crippen molar-refractivity contribution in [3.05, 3.63) is 72.7 Å². The Balaban J connectivity index is 1.25. The van der Waals surface area contributed by atoms with E-state index in [4.69, 9.17) is 5.73 Å². The van der Waals surface area contributed by atoms with Crippen LogP contribution in [0.3, 0.4) is 0 Å². The van der Waals surface area contributed by atoms with Crippen LogP contribution in [-0.2, 0) is 17.9 Å². The summed E-state index contributed by atoms with van der Waals surface area (Å²) in [6.07, 6.45) is 6.81. The van der Waals surface area contributed by atoms with E-state index in [2.05, 4.69) is 57.7 Å². The van der Waals surface area contributed by atoms with Crippen molar-refractivity contribution in [1.82, 2.24) is 14.5 Å². The minimum atomic E-state index is -0.324.